The van der Waals surface area contributed by atoms with E-state index in [4.69, 9.17) is 4.74 Å². The molecule has 0 atom stereocenters. The molecule has 0 N–H and O–H groups in total. The van der Waals surface area contributed by atoms with Gasteiger partial charge in [-0.2, -0.15) is 4.39 Å². The van der Waals surface area contributed by atoms with Gasteiger partial charge in [-0.3, -0.25) is 0 Å². The molecule has 3 rings (SSSR count). The number of fused-ring (bicyclic) bond motifs is 1. The molecule has 1 heterocycles. The lowest BCUT2D eigenvalue weighted by atomic mass is 10.2. The fourth-order valence-corrected chi connectivity index (χ4v) is 2.02. The molecule has 5 heteroatoms. The van der Waals surface area contributed by atoms with Gasteiger partial charge in [0.05, 0.1) is 17.2 Å². The van der Waals surface area contributed by atoms with Gasteiger partial charge in [-0.1, -0.05) is 29.8 Å². The highest BCUT2D eigenvalue weighted by Crippen LogP contribution is 2.16. The Morgan fingerprint density at radius 3 is 2.68 bits per heavy atom. The first-order valence-corrected chi connectivity index (χ1v) is 6.71. The molecule has 110 valence electrons. The summed E-state index contributed by atoms with van der Waals surface area (Å²) in [5.74, 6) is -1.74. The smallest absolute Gasteiger partial charge is 0.374 e. The van der Waals surface area contributed by atoms with E-state index in [0.29, 0.717) is 11.3 Å². The van der Waals surface area contributed by atoms with Crippen LogP contribution in [0.15, 0.2) is 60.7 Å². The van der Waals surface area contributed by atoms with Crippen LogP contribution < -0.4 is 4.74 Å². The maximum atomic E-state index is 14.0. The van der Waals surface area contributed by atoms with Gasteiger partial charge >= 0.3 is 5.97 Å². The number of carbonyl (C=O) groups excluding carboxylic acids is 1. The molecule has 0 bridgehead atoms. The number of hydrogen-bond donors (Lipinski definition) is 0. The summed E-state index contributed by atoms with van der Waals surface area (Å²) in [6, 6.07) is 14.1. The molecule has 0 saturated carbocycles. The fourth-order valence-electron chi connectivity index (χ4n) is 2.02. The summed E-state index contributed by atoms with van der Waals surface area (Å²) in [6.07, 6.45) is 2.51. The number of hydrogen-bond acceptors (Lipinski definition) is 3. The van der Waals surface area contributed by atoms with Crippen molar-refractivity contribution in [3.05, 3.63) is 66.2 Å². The van der Waals surface area contributed by atoms with Gasteiger partial charge in [0.15, 0.2) is 0 Å². The summed E-state index contributed by atoms with van der Waals surface area (Å²) >= 11 is 0. The summed E-state index contributed by atoms with van der Waals surface area (Å²) in [5.41, 5.74) is 2.46. The van der Waals surface area contributed by atoms with Crippen LogP contribution in [-0.4, -0.2) is 15.5 Å². The minimum absolute atomic E-state index is 0.301. The zero-order chi connectivity index (χ0) is 15.5. The molecule has 0 aliphatic rings. The van der Waals surface area contributed by atoms with Crippen molar-refractivity contribution in [3.8, 4) is 5.75 Å². The predicted octanol–water partition coefficient (Wildman–Crippen LogP) is 3.72. The van der Waals surface area contributed by atoms with E-state index in [9.17, 15) is 9.18 Å². The Bertz CT molecular complexity index is 850. The second-order valence-corrected chi connectivity index (χ2v) is 4.82. The largest absolute Gasteiger partial charge is 0.421 e. The third-order valence-corrected chi connectivity index (χ3v) is 3.16. The number of carbonyl (C=O) groups is 1. The molecular formula is C17H13FN2O2. The summed E-state index contributed by atoms with van der Waals surface area (Å²) in [7, 11) is 0. The van der Waals surface area contributed by atoms with E-state index < -0.39 is 11.8 Å². The number of para-hydroxylation sites is 2. The van der Waals surface area contributed by atoms with E-state index in [2.05, 4.69) is 4.98 Å². The predicted molar refractivity (Wildman–Crippen MR) is 81.9 cm³/mol. The van der Waals surface area contributed by atoms with Crippen LogP contribution in [0.3, 0.4) is 0 Å². The second kappa shape index (κ2) is 5.81. The minimum atomic E-state index is -1.04. The first-order valence-electron chi connectivity index (χ1n) is 6.71. The van der Waals surface area contributed by atoms with E-state index in [1.165, 1.54) is 10.9 Å². The lowest BCUT2D eigenvalue weighted by molar-refractivity contribution is -0.131. The molecule has 0 radical (unpaired) electrons. The van der Waals surface area contributed by atoms with Gasteiger partial charge in [-0.25, -0.2) is 9.78 Å². The van der Waals surface area contributed by atoms with Gasteiger partial charge in [0.1, 0.15) is 12.1 Å². The summed E-state index contributed by atoms with van der Waals surface area (Å²) in [5, 5.41) is 0. The number of aryl methyl sites for hydroxylation is 1. The van der Waals surface area contributed by atoms with Crippen molar-refractivity contribution in [3.63, 3.8) is 0 Å². The molecule has 0 fully saturated rings. The zero-order valence-electron chi connectivity index (χ0n) is 11.9. The molecule has 0 saturated heterocycles. The van der Waals surface area contributed by atoms with Crippen LogP contribution >= 0.6 is 0 Å². The van der Waals surface area contributed by atoms with Crippen LogP contribution in [0.25, 0.3) is 17.2 Å². The van der Waals surface area contributed by atoms with E-state index in [1.807, 2.05) is 25.1 Å². The topological polar surface area (TPSA) is 44.1 Å². The molecule has 0 unspecified atom stereocenters. The molecule has 2 aromatic carbocycles. The van der Waals surface area contributed by atoms with Gasteiger partial charge in [0.25, 0.3) is 0 Å². The Balaban J connectivity index is 1.81. The van der Waals surface area contributed by atoms with E-state index in [0.717, 1.165) is 17.3 Å². The number of nitrogens with zero attached hydrogens (tertiary/aromatic N) is 2. The van der Waals surface area contributed by atoms with Crippen molar-refractivity contribution in [2.45, 2.75) is 6.92 Å². The standard InChI is InChI=1S/C17H13FN2O2/c1-12-6-8-13(9-7-12)22-17(21)14(18)10-20-11-19-15-4-2-3-5-16(15)20/h2-11H,1H3/b14-10-. The highest BCUT2D eigenvalue weighted by molar-refractivity contribution is 5.91. The Labute approximate surface area is 126 Å². The minimum Gasteiger partial charge on any atom is -0.421 e. The summed E-state index contributed by atoms with van der Waals surface area (Å²) in [4.78, 5) is 15.9. The van der Waals surface area contributed by atoms with Crippen LogP contribution in [0.1, 0.15) is 5.56 Å². The van der Waals surface area contributed by atoms with Gasteiger partial charge in [0.2, 0.25) is 5.83 Å². The third kappa shape index (κ3) is 2.88. The summed E-state index contributed by atoms with van der Waals surface area (Å²) < 4.78 is 20.4. The number of rotatable bonds is 3. The average Bonchev–Trinajstić information content (AvgIpc) is 2.93. The molecule has 0 aliphatic carbocycles. The van der Waals surface area contributed by atoms with Crippen molar-refractivity contribution < 1.29 is 13.9 Å². The maximum absolute atomic E-state index is 14.0. The van der Waals surface area contributed by atoms with E-state index in [1.54, 1.807) is 30.3 Å². The fraction of sp³-hybridized carbons (Fsp3) is 0.0588. The number of esters is 1. The third-order valence-electron chi connectivity index (χ3n) is 3.16. The van der Waals surface area contributed by atoms with Crippen molar-refractivity contribution in [1.82, 2.24) is 9.55 Å². The van der Waals surface area contributed by atoms with Crippen molar-refractivity contribution in [2.75, 3.05) is 0 Å². The highest BCUT2D eigenvalue weighted by atomic mass is 19.1. The van der Waals surface area contributed by atoms with Crippen LogP contribution in [0.5, 0.6) is 5.75 Å². The molecule has 0 amide bonds. The van der Waals surface area contributed by atoms with Crippen LogP contribution in [0.4, 0.5) is 4.39 Å². The first kappa shape index (κ1) is 14.0. The molecule has 4 nitrogen and oxygen atoms in total. The molecule has 0 aliphatic heterocycles. The first-order chi connectivity index (χ1) is 10.6. The molecule has 1 aromatic heterocycles. The molecule has 0 spiro atoms. The average molecular weight is 296 g/mol. The lowest BCUT2D eigenvalue weighted by Crippen LogP contribution is -2.09. The Morgan fingerprint density at radius 1 is 1.18 bits per heavy atom. The van der Waals surface area contributed by atoms with Gasteiger partial charge in [-0.15, -0.1) is 0 Å². The number of ether oxygens (including phenoxy) is 1. The van der Waals surface area contributed by atoms with E-state index in [-0.39, 0.29) is 0 Å². The quantitative estimate of drug-likeness (QED) is 0.420. The number of halogens is 1. The second-order valence-electron chi connectivity index (χ2n) is 4.82. The van der Waals surface area contributed by atoms with Crippen molar-refractivity contribution >= 4 is 23.2 Å². The van der Waals surface area contributed by atoms with Gasteiger partial charge < -0.3 is 9.30 Å². The Morgan fingerprint density at radius 2 is 1.91 bits per heavy atom. The lowest BCUT2D eigenvalue weighted by Gasteiger charge is -2.03. The number of imidazole rings is 1. The Hall–Kier alpha value is -2.95. The monoisotopic (exact) mass is 296 g/mol. The zero-order valence-corrected chi connectivity index (χ0v) is 11.9. The SMILES string of the molecule is Cc1ccc(OC(=O)/C(F)=C/n2cnc3ccccc32)cc1. The summed E-state index contributed by atoms with van der Waals surface area (Å²) in [6.45, 7) is 1.91. The van der Waals surface area contributed by atoms with Crippen LogP contribution in [0.2, 0.25) is 0 Å². The van der Waals surface area contributed by atoms with E-state index >= 15 is 0 Å². The molecule has 3 aromatic rings. The highest BCUT2D eigenvalue weighted by Gasteiger charge is 2.12. The number of benzene rings is 2. The number of aromatic nitrogens is 2. The Kier molecular flexibility index (Phi) is 3.70. The molecular weight excluding hydrogens is 283 g/mol. The van der Waals surface area contributed by atoms with Crippen LogP contribution in [-0.2, 0) is 4.79 Å². The van der Waals surface area contributed by atoms with Crippen molar-refractivity contribution in [2.24, 2.45) is 0 Å². The maximum Gasteiger partial charge on any atom is 0.374 e. The van der Waals surface area contributed by atoms with Gasteiger partial charge in [0, 0.05) is 0 Å². The van der Waals surface area contributed by atoms with Crippen molar-refractivity contribution in [1.29, 1.82) is 0 Å². The van der Waals surface area contributed by atoms with Crippen LogP contribution in [0, 0.1) is 6.92 Å². The normalized spacial score (nSPS) is 11.6. The van der Waals surface area contributed by atoms with Gasteiger partial charge in [-0.05, 0) is 31.2 Å². The molecule has 22 heavy (non-hydrogen) atoms.